The van der Waals surface area contributed by atoms with Crippen LogP contribution in [0.1, 0.15) is 48.9 Å². The maximum atomic E-state index is 11.1. The highest BCUT2D eigenvalue weighted by molar-refractivity contribution is 5.49. The van der Waals surface area contributed by atoms with Crippen molar-refractivity contribution in [3.8, 4) is 0 Å². The molecule has 0 saturated carbocycles. The maximum Gasteiger partial charge on any atom is 0.111 e. The van der Waals surface area contributed by atoms with Crippen molar-refractivity contribution in [3.05, 3.63) is 117 Å². The third-order valence-corrected chi connectivity index (χ3v) is 7.98. The van der Waals surface area contributed by atoms with Crippen LogP contribution in [0.25, 0.3) is 0 Å². The zero-order valence-electron chi connectivity index (χ0n) is 22.5. The molecule has 0 heterocycles. The third-order valence-electron chi connectivity index (χ3n) is 7.98. The van der Waals surface area contributed by atoms with E-state index in [1.54, 1.807) is 12.2 Å². The Kier molecular flexibility index (Phi) is 8.79. The molecule has 7 nitrogen and oxygen atoms in total. The third kappa shape index (κ3) is 5.21. The SMILES string of the molecule is CC1=CC(CO)=C(O)C(CO)(c2ccccc2COCc2ccccc2C2(CO)CC(C)=CC(CO)=C2O)C1. The summed E-state index contributed by atoms with van der Waals surface area (Å²) in [6.45, 7) is 2.86. The van der Waals surface area contributed by atoms with Gasteiger partial charge in [0.1, 0.15) is 11.5 Å². The van der Waals surface area contributed by atoms with Crippen molar-refractivity contribution < 1.29 is 35.4 Å². The summed E-state index contributed by atoms with van der Waals surface area (Å²) >= 11 is 0. The molecule has 0 aromatic heterocycles. The van der Waals surface area contributed by atoms with E-state index >= 15 is 0 Å². The predicted octanol–water partition coefficient (Wildman–Crippen LogP) is 4.17. The Hall–Kier alpha value is -3.20. The molecular formula is C32H38O7. The quantitative estimate of drug-likeness (QED) is 0.270. The Morgan fingerprint density at radius 2 is 1.03 bits per heavy atom. The molecule has 2 aromatic carbocycles. The molecule has 2 unspecified atom stereocenters. The van der Waals surface area contributed by atoms with Crippen LogP contribution in [0, 0.1) is 0 Å². The second-order valence-corrected chi connectivity index (χ2v) is 10.7. The lowest BCUT2D eigenvalue weighted by atomic mass is 9.69. The largest absolute Gasteiger partial charge is 0.511 e. The molecule has 2 aliphatic rings. The summed E-state index contributed by atoms with van der Waals surface area (Å²) in [7, 11) is 0. The number of aliphatic hydroxyl groups is 6. The van der Waals surface area contributed by atoms with Crippen molar-refractivity contribution in [1.82, 2.24) is 0 Å². The van der Waals surface area contributed by atoms with Gasteiger partial charge in [-0.1, -0.05) is 71.8 Å². The maximum absolute atomic E-state index is 11.1. The minimum atomic E-state index is -1.08. The summed E-state index contributed by atoms with van der Waals surface area (Å²) in [5.74, 6) is -0.0769. The van der Waals surface area contributed by atoms with E-state index in [1.807, 2.05) is 62.4 Å². The molecule has 2 aromatic rings. The van der Waals surface area contributed by atoms with Crippen LogP contribution in [0.15, 0.2) is 94.5 Å². The number of hydrogen-bond donors (Lipinski definition) is 6. The molecule has 39 heavy (non-hydrogen) atoms. The minimum Gasteiger partial charge on any atom is -0.511 e. The van der Waals surface area contributed by atoms with E-state index in [-0.39, 0.29) is 51.2 Å². The van der Waals surface area contributed by atoms with Gasteiger partial charge in [0.15, 0.2) is 0 Å². The van der Waals surface area contributed by atoms with Gasteiger partial charge in [-0.2, -0.15) is 0 Å². The number of aliphatic hydroxyl groups excluding tert-OH is 6. The molecule has 0 aliphatic heterocycles. The molecule has 7 heteroatoms. The summed E-state index contributed by atoms with van der Waals surface area (Å²) in [6, 6.07) is 15.0. The number of rotatable bonds is 10. The van der Waals surface area contributed by atoms with Crippen LogP contribution in [-0.4, -0.2) is 57.1 Å². The van der Waals surface area contributed by atoms with E-state index in [4.69, 9.17) is 4.74 Å². The smallest absolute Gasteiger partial charge is 0.111 e. The number of allylic oxidation sites excluding steroid dienone is 2. The minimum absolute atomic E-state index is 0.0385. The van der Waals surface area contributed by atoms with E-state index < -0.39 is 10.8 Å². The topological polar surface area (TPSA) is 131 Å². The first-order valence-electron chi connectivity index (χ1n) is 13.1. The monoisotopic (exact) mass is 534 g/mol. The zero-order valence-corrected chi connectivity index (χ0v) is 22.5. The van der Waals surface area contributed by atoms with Crippen molar-refractivity contribution in [1.29, 1.82) is 0 Å². The molecule has 4 rings (SSSR count). The average molecular weight is 535 g/mol. The summed E-state index contributed by atoms with van der Waals surface area (Å²) in [6.07, 6.45) is 4.32. The highest BCUT2D eigenvalue weighted by Gasteiger charge is 2.43. The lowest BCUT2D eigenvalue weighted by Gasteiger charge is -2.38. The van der Waals surface area contributed by atoms with Crippen LogP contribution in [-0.2, 0) is 28.8 Å². The number of ether oxygens (including phenoxy) is 1. The van der Waals surface area contributed by atoms with Gasteiger partial charge in [0.05, 0.1) is 50.5 Å². The van der Waals surface area contributed by atoms with Crippen LogP contribution in [0.2, 0.25) is 0 Å². The van der Waals surface area contributed by atoms with Gasteiger partial charge in [-0.15, -0.1) is 0 Å². The molecule has 0 amide bonds. The molecule has 208 valence electrons. The normalized spacial score (nSPS) is 23.6. The molecule has 0 spiro atoms. The Morgan fingerprint density at radius 1 is 0.641 bits per heavy atom. The van der Waals surface area contributed by atoms with Crippen molar-refractivity contribution in [2.45, 2.75) is 50.7 Å². The Labute approximate surface area is 229 Å². The first-order valence-corrected chi connectivity index (χ1v) is 13.1. The fourth-order valence-corrected chi connectivity index (χ4v) is 6.18. The van der Waals surface area contributed by atoms with Gasteiger partial charge in [0.25, 0.3) is 0 Å². The van der Waals surface area contributed by atoms with E-state index in [9.17, 15) is 30.6 Å². The summed E-state index contributed by atoms with van der Waals surface area (Å²) in [5, 5.41) is 62.9. The highest BCUT2D eigenvalue weighted by Crippen LogP contribution is 2.45. The Bertz CT molecular complexity index is 1230. The molecule has 2 aliphatic carbocycles. The second kappa shape index (κ2) is 11.9. The summed E-state index contributed by atoms with van der Waals surface area (Å²) < 4.78 is 6.19. The lowest BCUT2D eigenvalue weighted by Crippen LogP contribution is -2.38. The van der Waals surface area contributed by atoms with Gasteiger partial charge in [-0.25, -0.2) is 0 Å². The van der Waals surface area contributed by atoms with Crippen LogP contribution in [0.5, 0.6) is 0 Å². The van der Waals surface area contributed by atoms with Gasteiger partial charge in [-0.05, 0) is 48.9 Å². The van der Waals surface area contributed by atoms with Crippen molar-refractivity contribution in [2.24, 2.45) is 0 Å². The summed E-state index contributed by atoms with van der Waals surface area (Å²) in [4.78, 5) is 0. The zero-order chi connectivity index (χ0) is 28.2. The fourth-order valence-electron chi connectivity index (χ4n) is 6.18. The van der Waals surface area contributed by atoms with Crippen LogP contribution >= 0.6 is 0 Å². The average Bonchev–Trinajstić information content (AvgIpc) is 2.95. The molecule has 0 bridgehead atoms. The van der Waals surface area contributed by atoms with Crippen molar-refractivity contribution >= 4 is 0 Å². The van der Waals surface area contributed by atoms with Gasteiger partial charge in [-0.3, -0.25) is 0 Å². The van der Waals surface area contributed by atoms with Gasteiger partial charge >= 0.3 is 0 Å². The van der Waals surface area contributed by atoms with Crippen LogP contribution in [0.3, 0.4) is 0 Å². The summed E-state index contributed by atoms with van der Waals surface area (Å²) in [5.41, 5.74) is 3.53. The van der Waals surface area contributed by atoms with Crippen molar-refractivity contribution in [2.75, 3.05) is 26.4 Å². The molecule has 0 fully saturated rings. The van der Waals surface area contributed by atoms with E-state index in [1.165, 1.54) is 0 Å². The van der Waals surface area contributed by atoms with E-state index in [2.05, 4.69) is 0 Å². The van der Waals surface area contributed by atoms with E-state index in [0.717, 1.165) is 33.4 Å². The lowest BCUT2D eigenvalue weighted by molar-refractivity contribution is 0.0999. The van der Waals surface area contributed by atoms with Gasteiger partial charge < -0.3 is 35.4 Å². The van der Waals surface area contributed by atoms with Gasteiger partial charge in [0.2, 0.25) is 0 Å². The number of benzene rings is 2. The molecule has 0 saturated heterocycles. The molecule has 0 radical (unpaired) electrons. The van der Waals surface area contributed by atoms with Gasteiger partial charge in [0, 0.05) is 11.1 Å². The first kappa shape index (κ1) is 28.8. The Morgan fingerprint density at radius 3 is 1.38 bits per heavy atom. The standard InChI is InChI=1S/C32H38O7/c1-21-11-25(15-33)29(37)31(13-21,19-35)27-9-5-3-7-23(27)17-39-18-24-8-4-6-10-28(24)32(20-36)14-22(2)12-26(16-34)30(32)38/h3-12,33-38H,13-20H2,1-2H3. The molecule has 2 atom stereocenters. The van der Waals surface area contributed by atoms with Crippen LogP contribution in [0.4, 0.5) is 0 Å². The Balaban J connectivity index is 1.64. The van der Waals surface area contributed by atoms with Crippen molar-refractivity contribution in [3.63, 3.8) is 0 Å². The first-order chi connectivity index (χ1) is 18.8. The predicted molar refractivity (Wildman–Crippen MR) is 149 cm³/mol. The molecular weight excluding hydrogens is 496 g/mol. The highest BCUT2D eigenvalue weighted by atomic mass is 16.5. The molecule has 6 N–H and O–H groups in total. The van der Waals surface area contributed by atoms with E-state index in [0.29, 0.717) is 24.0 Å². The number of hydrogen-bond acceptors (Lipinski definition) is 7. The van der Waals surface area contributed by atoms with Crippen LogP contribution < -0.4 is 0 Å². The second-order valence-electron chi connectivity index (χ2n) is 10.7. The fraction of sp³-hybridized carbons (Fsp3) is 0.375.